The van der Waals surface area contributed by atoms with Crippen LogP contribution in [0.1, 0.15) is 33.1 Å². The van der Waals surface area contributed by atoms with Crippen molar-refractivity contribution in [3.05, 3.63) is 24.6 Å². The van der Waals surface area contributed by atoms with Gasteiger partial charge in [-0.05, 0) is 52.4 Å². The third-order valence-corrected chi connectivity index (χ3v) is 4.48. The third kappa shape index (κ3) is 3.87. The lowest BCUT2D eigenvalue weighted by molar-refractivity contribution is -0.124. The number of nitrogens with zero attached hydrogens (tertiary/aromatic N) is 2. The van der Waals surface area contributed by atoms with E-state index in [2.05, 4.69) is 22.2 Å². The molecular weight excluding hydrogens is 306 g/mol. The zero-order valence-electron chi connectivity index (χ0n) is 14.5. The average molecular weight is 331 g/mol. The van der Waals surface area contributed by atoms with Crippen LogP contribution in [-0.2, 0) is 4.79 Å². The number of ether oxygens (including phenoxy) is 1. The Balaban J connectivity index is 1.55. The van der Waals surface area contributed by atoms with E-state index in [1.165, 1.54) is 6.42 Å². The normalized spacial score (nSPS) is 18.9. The average Bonchev–Trinajstić information content (AvgIpc) is 3.14. The van der Waals surface area contributed by atoms with Crippen molar-refractivity contribution in [2.75, 3.05) is 20.2 Å². The van der Waals surface area contributed by atoms with Gasteiger partial charge < -0.3 is 19.4 Å². The van der Waals surface area contributed by atoms with E-state index >= 15 is 0 Å². The highest BCUT2D eigenvalue weighted by Crippen LogP contribution is 2.24. The number of hydrogen-bond donors (Lipinski definition) is 1. The molecule has 3 rings (SSSR count). The number of amides is 1. The van der Waals surface area contributed by atoms with Crippen molar-refractivity contribution in [3.63, 3.8) is 0 Å². The fraction of sp³-hybridized carbons (Fsp3) is 0.556. The SMILES string of the molecule is CN1CCC[C@H]1CC(=O)NC(C)(C)COc1nccc2ccoc12. The summed E-state index contributed by atoms with van der Waals surface area (Å²) in [6.45, 7) is 5.30. The summed E-state index contributed by atoms with van der Waals surface area (Å²) in [5.74, 6) is 0.516. The van der Waals surface area contributed by atoms with Crippen LogP contribution >= 0.6 is 0 Å². The Labute approximate surface area is 142 Å². The number of fused-ring (bicyclic) bond motifs is 1. The molecule has 1 fully saturated rings. The number of carbonyl (C=O) groups excluding carboxylic acids is 1. The first kappa shape index (κ1) is 16.8. The van der Waals surface area contributed by atoms with Crippen LogP contribution in [0.25, 0.3) is 11.0 Å². The molecule has 1 aliphatic rings. The molecule has 2 aromatic rings. The molecule has 1 N–H and O–H groups in total. The van der Waals surface area contributed by atoms with E-state index in [0.717, 1.165) is 18.4 Å². The van der Waals surface area contributed by atoms with Crippen LogP contribution in [0.4, 0.5) is 0 Å². The molecule has 0 unspecified atom stereocenters. The highest BCUT2D eigenvalue weighted by Gasteiger charge is 2.27. The number of furan rings is 1. The Morgan fingerprint density at radius 3 is 3.08 bits per heavy atom. The third-order valence-electron chi connectivity index (χ3n) is 4.48. The Morgan fingerprint density at radius 2 is 2.33 bits per heavy atom. The number of likely N-dealkylation sites (tertiary alicyclic amines) is 1. The van der Waals surface area contributed by atoms with E-state index in [9.17, 15) is 4.79 Å². The summed E-state index contributed by atoms with van der Waals surface area (Å²) < 4.78 is 11.2. The van der Waals surface area contributed by atoms with Gasteiger partial charge in [-0.25, -0.2) is 4.98 Å². The van der Waals surface area contributed by atoms with Gasteiger partial charge >= 0.3 is 0 Å². The van der Waals surface area contributed by atoms with Crippen molar-refractivity contribution in [2.24, 2.45) is 0 Å². The Kier molecular flexibility index (Phi) is 4.76. The maximum atomic E-state index is 12.3. The molecule has 0 aromatic carbocycles. The van der Waals surface area contributed by atoms with Crippen molar-refractivity contribution in [2.45, 2.75) is 44.7 Å². The van der Waals surface area contributed by atoms with Crippen molar-refractivity contribution in [3.8, 4) is 5.88 Å². The lowest BCUT2D eigenvalue weighted by atomic mass is 10.1. The Morgan fingerprint density at radius 1 is 1.50 bits per heavy atom. The Bertz CT molecular complexity index is 710. The van der Waals surface area contributed by atoms with Crippen molar-refractivity contribution in [1.29, 1.82) is 0 Å². The fourth-order valence-corrected chi connectivity index (χ4v) is 3.14. The summed E-state index contributed by atoms with van der Waals surface area (Å²) in [7, 11) is 2.08. The maximum Gasteiger partial charge on any atom is 0.258 e. The van der Waals surface area contributed by atoms with Crippen molar-refractivity contribution >= 4 is 16.9 Å². The van der Waals surface area contributed by atoms with Gasteiger partial charge in [0, 0.05) is 24.0 Å². The molecule has 3 heterocycles. The summed E-state index contributed by atoms with van der Waals surface area (Å²) in [5, 5.41) is 4.02. The van der Waals surface area contributed by atoms with E-state index < -0.39 is 5.54 Å². The highest BCUT2D eigenvalue weighted by molar-refractivity contribution is 5.81. The fourth-order valence-electron chi connectivity index (χ4n) is 3.14. The number of pyridine rings is 1. The van der Waals surface area contributed by atoms with Crippen LogP contribution in [-0.4, -0.2) is 47.6 Å². The summed E-state index contributed by atoms with van der Waals surface area (Å²) >= 11 is 0. The molecular formula is C18H25N3O3. The highest BCUT2D eigenvalue weighted by atomic mass is 16.5. The molecule has 1 atom stereocenters. The summed E-state index contributed by atoms with van der Waals surface area (Å²) in [5.41, 5.74) is 0.150. The van der Waals surface area contributed by atoms with E-state index in [1.807, 2.05) is 26.0 Å². The molecule has 0 saturated carbocycles. The van der Waals surface area contributed by atoms with Gasteiger partial charge in [0.05, 0.1) is 11.8 Å². The second kappa shape index (κ2) is 6.81. The summed E-state index contributed by atoms with van der Waals surface area (Å²) in [6, 6.07) is 4.09. The van der Waals surface area contributed by atoms with Gasteiger partial charge in [-0.3, -0.25) is 4.79 Å². The van der Waals surface area contributed by atoms with Gasteiger partial charge in [-0.15, -0.1) is 0 Å². The van der Waals surface area contributed by atoms with Gasteiger partial charge in [0.25, 0.3) is 5.88 Å². The second-order valence-corrected chi connectivity index (χ2v) is 7.16. The molecule has 24 heavy (non-hydrogen) atoms. The monoisotopic (exact) mass is 331 g/mol. The van der Waals surface area contributed by atoms with Crippen LogP contribution in [0.5, 0.6) is 5.88 Å². The molecule has 1 saturated heterocycles. The predicted octanol–water partition coefficient (Wildman–Crippen LogP) is 2.59. The van der Waals surface area contributed by atoms with Crippen molar-refractivity contribution < 1.29 is 13.9 Å². The van der Waals surface area contributed by atoms with Gasteiger partial charge in [-0.1, -0.05) is 0 Å². The van der Waals surface area contributed by atoms with Crippen LogP contribution in [0.15, 0.2) is 29.0 Å². The molecule has 0 aliphatic carbocycles. The lowest BCUT2D eigenvalue weighted by Gasteiger charge is -2.27. The molecule has 0 spiro atoms. The van der Waals surface area contributed by atoms with Gasteiger partial charge in [0.1, 0.15) is 6.61 Å². The largest absolute Gasteiger partial charge is 0.473 e. The second-order valence-electron chi connectivity index (χ2n) is 7.16. The van der Waals surface area contributed by atoms with E-state index in [1.54, 1.807) is 12.5 Å². The lowest BCUT2D eigenvalue weighted by Crippen LogP contribution is -2.49. The summed E-state index contributed by atoms with van der Waals surface area (Å²) in [6.07, 6.45) is 6.09. The van der Waals surface area contributed by atoms with Gasteiger partial charge in [-0.2, -0.15) is 0 Å². The molecule has 1 amide bonds. The van der Waals surface area contributed by atoms with E-state index in [4.69, 9.17) is 9.15 Å². The van der Waals surface area contributed by atoms with Gasteiger partial charge in [0.2, 0.25) is 5.91 Å². The van der Waals surface area contributed by atoms with Crippen LogP contribution < -0.4 is 10.1 Å². The van der Waals surface area contributed by atoms with Crippen molar-refractivity contribution in [1.82, 2.24) is 15.2 Å². The molecule has 130 valence electrons. The molecule has 0 radical (unpaired) electrons. The first-order chi connectivity index (χ1) is 11.4. The van der Waals surface area contributed by atoms with Gasteiger partial charge in [0.15, 0.2) is 5.58 Å². The zero-order valence-corrected chi connectivity index (χ0v) is 14.5. The predicted molar refractivity (Wildman–Crippen MR) is 92.0 cm³/mol. The van der Waals surface area contributed by atoms with E-state index in [0.29, 0.717) is 30.5 Å². The van der Waals surface area contributed by atoms with Crippen LogP contribution in [0.2, 0.25) is 0 Å². The van der Waals surface area contributed by atoms with Crippen LogP contribution in [0, 0.1) is 0 Å². The number of rotatable bonds is 6. The summed E-state index contributed by atoms with van der Waals surface area (Å²) in [4.78, 5) is 18.8. The van der Waals surface area contributed by atoms with E-state index in [-0.39, 0.29) is 5.91 Å². The molecule has 6 heteroatoms. The zero-order chi connectivity index (χ0) is 17.2. The number of aromatic nitrogens is 1. The number of nitrogens with one attached hydrogen (secondary N) is 1. The first-order valence-electron chi connectivity index (χ1n) is 8.41. The topological polar surface area (TPSA) is 67.6 Å². The molecule has 6 nitrogen and oxygen atoms in total. The maximum absolute atomic E-state index is 12.3. The minimum Gasteiger partial charge on any atom is -0.473 e. The smallest absolute Gasteiger partial charge is 0.258 e. The molecule has 1 aliphatic heterocycles. The standard InChI is InChI=1S/C18H25N3O3/c1-18(2,20-15(22)11-14-5-4-9-21(14)3)12-24-17-16-13(6-8-19-17)7-10-23-16/h6-8,10,14H,4-5,9,11-12H2,1-3H3,(H,20,22)/t14-/m0/s1. The Hall–Kier alpha value is -2.08. The van der Waals surface area contributed by atoms with Crippen LogP contribution in [0.3, 0.4) is 0 Å². The molecule has 0 bridgehead atoms. The minimum atomic E-state index is -0.481. The number of carbonyl (C=O) groups is 1. The molecule has 2 aromatic heterocycles. The number of hydrogen-bond acceptors (Lipinski definition) is 5. The first-order valence-corrected chi connectivity index (χ1v) is 8.41. The minimum absolute atomic E-state index is 0.0616. The quantitative estimate of drug-likeness (QED) is 0.881.